The zero-order chi connectivity index (χ0) is 15.4. The molecule has 0 aromatic carbocycles. The fourth-order valence-corrected chi connectivity index (χ4v) is 4.74. The summed E-state index contributed by atoms with van der Waals surface area (Å²) in [7, 11) is 1.86. The summed E-state index contributed by atoms with van der Waals surface area (Å²) < 4.78 is 1.17. The van der Waals surface area contributed by atoms with Gasteiger partial charge in [0.05, 0.1) is 15.3 Å². The number of guanidine groups is 1. The highest BCUT2D eigenvalue weighted by Gasteiger charge is 2.20. The van der Waals surface area contributed by atoms with Crippen molar-refractivity contribution < 1.29 is 0 Å². The van der Waals surface area contributed by atoms with E-state index in [-0.39, 0.29) is 24.0 Å². The second-order valence-electron chi connectivity index (χ2n) is 5.03. The monoisotopic (exact) mass is 526 g/mol. The van der Waals surface area contributed by atoms with E-state index in [4.69, 9.17) is 0 Å². The molecule has 2 aromatic heterocycles. The summed E-state index contributed by atoms with van der Waals surface area (Å²) in [5.74, 6) is 0.996. The third kappa shape index (κ3) is 5.07. The molecule has 0 atom stereocenters. The van der Waals surface area contributed by atoms with Gasteiger partial charge >= 0.3 is 0 Å². The number of nitrogens with one attached hydrogen (secondary N) is 1. The lowest BCUT2D eigenvalue weighted by Crippen LogP contribution is -2.52. The highest BCUT2D eigenvalue weighted by Crippen LogP contribution is 2.23. The first kappa shape index (κ1) is 19.0. The van der Waals surface area contributed by atoms with Crippen LogP contribution in [-0.4, -0.2) is 44.1 Å². The first-order valence-corrected chi connectivity index (χ1v) is 9.73. The van der Waals surface area contributed by atoms with E-state index in [9.17, 15) is 0 Å². The average Bonchev–Trinajstić information content (AvgIpc) is 3.20. The fourth-order valence-electron chi connectivity index (χ4n) is 2.53. The second kappa shape index (κ2) is 9.24. The first-order valence-electron chi connectivity index (χ1n) is 7.24. The molecule has 0 aliphatic carbocycles. The molecule has 0 radical (unpaired) electrons. The van der Waals surface area contributed by atoms with Gasteiger partial charge in [0.1, 0.15) is 0 Å². The number of rotatable bonds is 3. The maximum absolute atomic E-state index is 4.43. The van der Waals surface area contributed by atoms with Gasteiger partial charge < -0.3 is 15.1 Å². The summed E-state index contributed by atoms with van der Waals surface area (Å²) in [5, 5.41) is 6.97. The predicted molar refractivity (Wildman–Crippen MR) is 116 cm³/mol. The molecule has 23 heavy (non-hydrogen) atoms. The Labute approximate surface area is 170 Å². The van der Waals surface area contributed by atoms with Crippen LogP contribution in [0.1, 0.15) is 4.88 Å². The Kier molecular flexibility index (Phi) is 7.64. The fraction of sp³-hybridized carbons (Fsp3) is 0.400. The zero-order valence-electron chi connectivity index (χ0n) is 12.9. The summed E-state index contributed by atoms with van der Waals surface area (Å²) in [6.07, 6.45) is 0. The SMILES string of the molecule is CN=C(NCc1ccc(Br)s1)N1CCN(c2cccs2)CC1.I. The van der Waals surface area contributed by atoms with Crippen molar-refractivity contribution in [2.75, 3.05) is 38.1 Å². The van der Waals surface area contributed by atoms with Gasteiger partial charge in [-0.15, -0.1) is 46.7 Å². The third-order valence-electron chi connectivity index (χ3n) is 3.66. The lowest BCUT2D eigenvalue weighted by atomic mass is 10.3. The Hall–Kier alpha value is -0.320. The Balaban J connectivity index is 0.00000192. The van der Waals surface area contributed by atoms with Gasteiger partial charge in [0.25, 0.3) is 0 Å². The standard InChI is InChI=1S/C15H19BrN4S2.HI/c1-17-15(18-11-12-4-5-13(16)22-12)20-8-6-19(7-9-20)14-3-2-10-21-14;/h2-5,10H,6-9,11H2,1H3,(H,17,18);1H. The quantitative estimate of drug-likeness (QED) is 0.371. The highest BCUT2D eigenvalue weighted by atomic mass is 127. The van der Waals surface area contributed by atoms with Crippen molar-refractivity contribution in [2.24, 2.45) is 4.99 Å². The third-order valence-corrected chi connectivity index (χ3v) is 6.21. The maximum Gasteiger partial charge on any atom is 0.194 e. The molecule has 0 bridgehead atoms. The van der Waals surface area contributed by atoms with Crippen LogP contribution in [0, 0.1) is 0 Å². The number of hydrogen-bond acceptors (Lipinski definition) is 4. The number of piperazine rings is 1. The van der Waals surface area contributed by atoms with Crippen LogP contribution < -0.4 is 10.2 Å². The van der Waals surface area contributed by atoms with Gasteiger partial charge in [0, 0.05) is 38.1 Å². The Bertz CT molecular complexity index is 621. The van der Waals surface area contributed by atoms with Crippen molar-refractivity contribution >= 4 is 73.5 Å². The number of nitrogens with zero attached hydrogens (tertiary/aromatic N) is 3. The molecular weight excluding hydrogens is 507 g/mol. The van der Waals surface area contributed by atoms with Gasteiger partial charge in [0.15, 0.2) is 5.96 Å². The van der Waals surface area contributed by atoms with Crippen molar-refractivity contribution in [3.63, 3.8) is 0 Å². The van der Waals surface area contributed by atoms with Gasteiger partial charge in [-0.1, -0.05) is 0 Å². The van der Waals surface area contributed by atoms with Crippen molar-refractivity contribution in [2.45, 2.75) is 6.54 Å². The second-order valence-corrected chi connectivity index (χ2v) is 8.51. The molecule has 2 aromatic rings. The minimum absolute atomic E-state index is 0. The molecule has 4 nitrogen and oxygen atoms in total. The summed E-state index contributed by atoms with van der Waals surface area (Å²) in [6, 6.07) is 8.54. The smallest absolute Gasteiger partial charge is 0.194 e. The lowest BCUT2D eigenvalue weighted by molar-refractivity contribution is 0.373. The molecule has 0 amide bonds. The van der Waals surface area contributed by atoms with Crippen molar-refractivity contribution in [3.05, 3.63) is 38.3 Å². The van der Waals surface area contributed by atoms with Crippen LogP contribution in [0.3, 0.4) is 0 Å². The zero-order valence-corrected chi connectivity index (χ0v) is 18.4. The van der Waals surface area contributed by atoms with E-state index in [0.717, 1.165) is 38.7 Å². The molecule has 1 fully saturated rings. The molecule has 1 aliphatic heterocycles. The van der Waals surface area contributed by atoms with Crippen LogP contribution in [0.2, 0.25) is 0 Å². The first-order chi connectivity index (χ1) is 10.8. The summed E-state index contributed by atoms with van der Waals surface area (Å²) in [6.45, 7) is 4.93. The normalized spacial score (nSPS) is 15.5. The van der Waals surface area contributed by atoms with Crippen LogP contribution >= 0.6 is 62.6 Å². The molecule has 3 rings (SSSR count). The predicted octanol–water partition coefficient (Wildman–Crippen LogP) is 4.09. The Morgan fingerprint density at radius 3 is 2.61 bits per heavy atom. The number of aliphatic imine (C=N–C) groups is 1. The van der Waals surface area contributed by atoms with Gasteiger partial charge in [-0.3, -0.25) is 4.99 Å². The molecule has 3 heterocycles. The van der Waals surface area contributed by atoms with Gasteiger partial charge in [-0.2, -0.15) is 0 Å². The summed E-state index contributed by atoms with van der Waals surface area (Å²) in [4.78, 5) is 10.5. The van der Waals surface area contributed by atoms with Crippen molar-refractivity contribution in [1.82, 2.24) is 10.2 Å². The average molecular weight is 527 g/mol. The van der Waals surface area contributed by atoms with Crippen molar-refractivity contribution in [1.29, 1.82) is 0 Å². The van der Waals surface area contributed by atoms with Crippen LogP contribution in [0.15, 0.2) is 38.4 Å². The molecule has 1 aliphatic rings. The molecule has 0 spiro atoms. The number of anilines is 1. The minimum atomic E-state index is 0. The van der Waals surface area contributed by atoms with Crippen LogP contribution in [0.4, 0.5) is 5.00 Å². The van der Waals surface area contributed by atoms with Gasteiger partial charge in [0.2, 0.25) is 0 Å². The number of hydrogen-bond donors (Lipinski definition) is 1. The maximum atomic E-state index is 4.43. The largest absolute Gasteiger partial charge is 0.360 e. The highest BCUT2D eigenvalue weighted by molar-refractivity contribution is 14.0. The van der Waals surface area contributed by atoms with Crippen LogP contribution in [0.5, 0.6) is 0 Å². The number of halogens is 2. The van der Waals surface area contributed by atoms with E-state index in [0.29, 0.717) is 0 Å². The van der Waals surface area contributed by atoms with E-state index in [2.05, 4.69) is 65.7 Å². The molecule has 0 unspecified atom stereocenters. The number of thiophene rings is 2. The topological polar surface area (TPSA) is 30.9 Å². The van der Waals surface area contributed by atoms with Crippen LogP contribution in [-0.2, 0) is 6.54 Å². The van der Waals surface area contributed by atoms with E-state index in [1.807, 2.05) is 18.4 Å². The lowest BCUT2D eigenvalue weighted by Gasteiger charge is -2.37. The minimum Gasteiger partial charge on any atom is -0.360 e. The molecule has 1 saturated heterocycles. The van der Waals surface area contributed by atoms with Gasteiger partial charge in [-0.05, 0) is 45.6 Å². The van der Waals surface area contributed by atoms with Gasteiger partial charge in [-0.25, -0.2) is 0 Å². The van der Waals surface area contributed by atoms with E-state index < -0.39 is 0 Å². The van der Waals surface area contributed by atoms with E-state index in [1.165, 1.54) is 13.7 Å². The Morgan fingerprint density at radius 2 is 2.04 bits per heavy atom. The molecule has 0 saturated carbocycles. The summed E-state index contributed by atoms with van der Waals surface area (Å²) in [5.41, 5.74) is 0. The Morgan fingerprint density at radius 1 is 1.26 bits per heavy atom. The molecular formula is C15H20BrIN4S2. The molecule has 126 valence electrons. The van der Waals surface area contributed by atoms with Crippen LogP contribution in [0.25, 0.3) is 0 Å². The molecule has 1 N–H and O–H groups in total. The summed E-state index contributed by atoms with van der Waals surface area (Å²) >= 11 is 7.08. The van der Waals surface area contributed by atoms with Crippen molar-refractivity contribution in [3.8, 4) is 0 Å². The van der Waals surface area contributed by atoms with E-state index in [1.54, 1.807) is 11.3 Å². The molecule has 8 heteroatoms. The van der Waals surface area contributed by atoms with E-state index >= 15 is 0 Å².